The lowest BCUT2D eigenvalue weighted by atomic mass is 10.1. The van der Waals surface area contributed by atoms with Crippen molar-refractivity contribution >= 4 is 146 Å². The van der Waals surface area contributed by atoms with Crippen LogP contribution >= 0.6 is 0 Å². The van der Waals surface area contributed by atoms with Gasteiger partial charge < -0.3 is 19.6 Å². The molecule has 0 unspecified atom stereocenters. The monoisotopic (exact) mass is 1610 g/mol. The fraction of sp³-hybridized carbons (Fsp3) is 0.100. The Morgan fingerprint density at radius 2 is 0.600 bits per heavy atom. The molecule has 0 aromatic heterocycles. The van der Waals surface area contributed by atoms with Gasteiger partial charge in [-0.2, -0.15) is 0 Å². The number of phenolic OH excluding ortho intramolecular Hbond substituents is 1. The standard InChI is InChI=1S/C13H17NO.C11H13NO.C11H12O.C10H10O2.C10H10O.2C9H7NO3.C9H8O2.2C9H8O/c1-3-14(4-2)13-9-7-12(8-10-13)6-5-11-15;1-12(2)11-7-5-10(6-8-11)4-3-9-13;1-2-10-5-7-11(8-6-10)4-3-9-12;1-12-10-6-4-9(5-7-10)3-2-8-11;1-9-4-6-10(7-5-9)3-2-8-11;11-7-1-2-8-3-5-9(6-4-8)10(12)13;11-7-3-5-8-4-1-2-6-9(8)10(12)13;10-7-1-2-8-3-5-9(11)6-4-8;2*10-8-4-7-9-5-2-1-3-6-9/h5-11H,3-4H2,1-2H3;3-9H,1-2H3;3-9H,2H2,1H3;2-8H,1H3;2-8H,1H3;2*1-7H;1-7,11H;2*1-8H. The molecule has 0 heterocycles. The molecule has 0 radical (unpaired) electrons. The summed E-state index contributed by atoms with van der Waals surface area (Å²) in [5, 5.41) is 29.6. The minimum absolute atomic E-state index is 0.000556. The van der Waals surface area contributed by atoms with Gasteiger partial charge in [-0.3, -0.25) is 68.2 Å². The number of phenols is 1. The quantitative estimate of drug-likeness (QED) is 0.0206. The van der Waals surface area contributed by atoms with Crippen LogP contribution in [0, 0.1) is 27.2 Å². The zero-order chi connectivity index (χ0) is 88.4. The summed E-state index contributed by atoms with van der Waals surface area (Å²) in [6.45, 7) is 10.5. The van der Waals surface area contributed by atoms with E-state index in [9.17, 15) is 68.2 Å². The highest BCUT2D eigenvalue weighted by atomic mass is 16.6. The smallest absolute Gasteiger partial charge is 0.276 e. The van der Waals surface area contributed by atoms with Crippen LogP contribution in [0.3, 0.4) is 0 Å². The number of carbonyl (C=O) groups is 10. The molecule has 20 heteroatoms. The second-order valence-corrected chi connectivity index (χ2v) is 24.1. The van der Waals surface area contributed by atoms with Crippen LogP contribution in [-0.2, 0) is 54.4 Å². The third-order valence-corrected chi connectivity index (χ3v) is 15.4. The summed E-state index contributed by atoms with van der Waals surface area (Å²) in [6, 6.07) is 78.1. The van der Waals surface area contributed by atoms with Gasteiger partial charge >= 0.3 is 0 Å². The minimum Gasteiger partial charge on any atom is -0.508 e. The molecular formula is C100H100N4O16. The summed E-state index contributed by atoms with van der Waals surface area (Å²) in [6.07, 6.45) is 39.9. The predicted molar refractivity (Wildman–Crippen MR) is 489 cm³/mol. The minimum atomic E-state index is -0.482. The number of anilines is 2. The molecule has 120 heavy (non-hydrogen) atoms. The van der Waals surface area contributed by atoms with Gasteiger partial charge in [0.25, 0.3) is 11.4 Å². The summed E-state index contributed by atoms with van der Waals surface area (Å²) in [5.74, 6) is 1.05. The molecule has 0 fully saturated rings. The molecule has 0 aliphatic heterocycles. The highest BCUT2D eigenvalue weighted by Crippen LogP contribution is 2.20. The summed E-state index contributed by atoms with van der Waals surface area (Å²) in [5.41, 5.74) is 14.4. The van der Waals surface area contributed by atoms with E-state index in [-0.39, 0.29) is 17.1 Å². The number of aromatic hydroxyl groups is 1. The maximum atomic E-state index is 10.5. The largest absolute Gasteiger partial charge is 0.508 e. The number of rotatable bonds is 28. The van der Waals surface area contributed by atoms with E-state index in [0.29, 0.717) is 24.4 Å². The molecule has 10 aromatic rings. The van der Waals surface area contributed by atoms with Crippen molar-refractivity contribution in [1.29, 1.82) is 0 Å². The summed E-state index contributed by atoms with van der Waals surface area (Å²) >= 11 is 0. The van der Waals surface area contributed by atoms with E-state index < -0.39 is 9.85 Å². The van der Waals surface area contributed by atoms with E-state index >= 15 is 0 Å². The van der Waals surface area contributed by atoms with Crippen molar-refractivity contribution < 1.29 is 67.6 Å². The van der Waals surface area contributed by atoms with Crippen molar-refractivity contribution in [3.05, 3.63) is 403 Å². The van der Waals surface area contributed by atoms with Gasteiger partial charge in [0.1, 0.15) is 74.4 Å². The topological polar surface area (TPSA) is 293 Å². The Bertz CT molecular complexity index is 4740. The molecule has 0 amide bonds. The summed E-state index contributed by atoms with van der Waals surface area (Å²) < 4.78 is 4.98. The first-order valence-electron chi connectivity index (χ1n) is 37.3. The first kappa shape index (κ1) is 102. The van der Waals surface area contributed by atoms with E-state index in [1.54, 1.807) is 116 Å². The Morgan fingerprint density at radius 1 is 0.325 bits per heavy atom. The lowest BCUT2D eigenvalue weighted by molar-refractivity contribution is -0.385. The van der Waals surface area contributed by atoms with E-state index in [0.717, 1.165) is 125 Å². The number of non-ortho nitro benzene ring substituents is 1. The van der Waals surface area contributed by atoms with Crippen LogP contribution in [0.1, 0.15) is 87.5 Å². The molecule has 0 aliphatic rings. The SMILES string of the molecule is CCN(CC)c1ccc(C=CC=O)cc1.CCc1ccc(C=CC=O)cc1.CN(C)c1ccc(C=CC=O)cc1.COc1ccc(C=CC=O)cc1.Cc1ccc(C=CC=O)cc1.O=CC=Cc1ccc(O)cc1.O=CC=Cc1ccc([N+](=O)[O-])cc1.O=CC=Cc1ccccc1.O=CC=Cc1ccccc1.O=CC=Cc1ccccc1[N+](=O)[O-]. The Kier molecular flexibility index (Phi) is 57.8. The van der Waals surface area contributed by atoms with Gasteiger partial charge in [-0.15, -0.1) is 0 Å². The number of carbonyl (C=O) groups excluding carboxylic acids is 10. The molecule has 0 saturated carbocycles. The van der Waals surface area contributed by atoms with Gasteiger partial charge in [0.2, 0.25) is 0 Å². The molecule has 0 saturated heterocycles. The van der Waals surface area contributed by atoms with Crippen molar-refractivity contribution in [2.75, 3.05) is 44.1 Å². The van der Waals surface area contributed by atoms with Crippen molar-refractivity contribution in [3.8, 4) is 11.5 Å². The second kappa shape index (κ2) is 67.8. The van der Waals surface area contributed by atoms with Crippen LogP contribution in [0.2, 0.25) is 0 Å². The number of benzene rings is 10. The third-order valence-electron chi connectivity index (χ3n) is 15.4. The zero-order valence-electron chi connectivity index (χ0n) is 68.1. The van der Waals surface area contributed by atoms with Crippen LogP contribution in [-0.4, -0.2) is 112 Å². The molecule has 10 rings (SSSR count). The lowest BCUT2D eigenvalue weighted by Crippen LogP contribution is -2.21. The highest BCUT2D eigenvalue weighted by Gasteiger charge is 2.09. The molecular weight excluding hydrogens is 1510 g/mol. The number of hydrogen-bond donors (Lipinski definition) is 1. The third kappa shape index (κ3) is 49.7. The van der Waals surface area contributed by atoms with Crippen molar-refractivity contribution in [2.45, 2.75) is 34.1 Å². The van der Waals surface area contributed by atoms with Gasteiger partial charge in [-0.1, -0.05) is 237 Å². The van der Waals surface area contributed by atoms with E-state index in [2.05, 4.69) is 49.9 Å². The van der Waals surface area contributed by atoms with Gasteiger partial charge in [0.15, 0.2) is 0 Å². The Balaban J connectivity index is 0.000000668. The number of ether oxygens (including phenoxy) is 1. The van der Waals surface area contributed by atoms with Gasteiger partial charge in [-0.25, -0.2) is 0 Å². The molecule has 0 atom stereocenters. The Hall–Kier alpha value is -15.7. The van der Waals surface area contributed by atoms with Gasteiger partial charge in [0.05, 0.1) is 22.5 Å². The van der Waals surface area contributed by atoms with Crippen LogP contribution in [0.5, 0.6) is 11.5 Å². The normalized spacial score (nSPS) is 10.2. The number of aldehydes is 10. The maximum Gasteiger partial charge on any atom is 0.276 e. The van der Waals surface area contributed by atoms with E-state index in [1.807, 2.05) is 184 Å². The molecule has 1 N–H and O–H groups in total. The van der Waals surface area contributed by atoms with Crippen LogP contribution in [0.4, 0.5) is 22.7 Å². The fourth-order valence-corrected chi connectivity index (χ4v) is 9.24. The predicted octanol–water partition coefficient (Wildman–Crippen LogP) is 20.3. The van der Waals surface area contributed by atoms with Crippen molar-refractivity contribution in [1.82, 2.24) is 0 Å². The molecule has 0 aliphatic carbocycles. The molecule has 10 aromatic carbocycles. The number of methoxy groups -OCH3 is 1. The molecule has 0 spiro atoms. The second-order valence-electron chi connectivity index (χ2n) is 24.1. The first-order chi connectivity index (χ1) is 58.3. The maximum absolute atomic E-state index is 10.5. The van der Waals surface area contributed by atoms with E-state index in [1.165, 1.54) is 102 Å². The summed E-state index contributed by atoms with van der Waals surface area (Å²) in [4.78, 5) is 124. The molecule has 616 valence electrons. The summed E-state index contributed by atoms with van der Waals surface area (Å²) in [7, 11) is 5.61. The lowest BCUT2D eigenvalue weighted by Gasteiger charge is -2.20. The Morgan fingerprint density at radius 3 is 0.900 bits per heavy atom. The van der Waals surface area contributed by atoms with Crippen LogP contribution in [0.25, 0.3) is 60.8 Å². The number of allylic oxidation sites excluding steroid dienone is 10. The number of hydrogen-bond acceptors (Lipinski definition) is 18. The number of aryl methyl sites for hydroxylation is 2. The van der Waals surface area contributed by atoms with Crippen LogP contribution < -0.4 is 14.5 Å². The first-order valence-corrected chi connectivity index (χ1v) is 37.3. The molecule has 0 bridgehead atoms. The van der Waals surface area contributed by atoms with Gasteiger partial charge in [-0.05, 0) is 216 Å². The highest BCUT2D eigenvalue weighted by molar-refractivity contribution is 5.79. The number of nitrogens with zero attached hydrogens (tertiary/aromatic N) is 4. The van der Waals surface area contributed by atoms with Gasteiger partial charge in [0, 0.05) is 56.8 Å². The average molecular weight is 1610 g/mol. The molecule has 20 nitrogen and oxygen atoms in total. The van der Waals surface area contributed by atoms with Crippen molar-refractivity contribution in [2.24, 2.45) is 0 Å². The van der Waals surface area contributed by atoms with Crippen molar-refractivity contribution in [3.63, 3.8) is 0 Å². The van der Waals surface area contributed by atoms with E-state index in [4.69, 9.17) is 9.84 Å². The number of para-hydroxylation sites is 1. The van der Waals surface area contributed by atoms with Crippen LogP contribution in [0.15, 0.2) is 316 Å². The number of nitro groups is 2. The average Bonchev–Trinajstić information content (AvgIpc) is 0.857. The Labute approximate surface area is 702 Å². The zero-order valence-corrected chi connectivity index (χ0v) is 68.1. The number of nitro benzene ring substituents is 2. The fourth-order valence-electron chi connectivity index (χ4n) is 9.24.